The average molecular weight is 518 g/mol. The SMILES string of the molecule is CCCCc1nc(CC)n(-c2ccc3c(c2)CC(C)(C)O3)c(=O)c1Cc1ccc(-c2ccccc2C#N)cc1. The van der Waals surface area contributed by atoms with Crippen LogP contribution in [0.5, 0.6) is 5.75 Å². The van der Waals surface area contributed by atoms with Crippen LogP contribution in [0, 0.1) is 11.3 Å². The van der Waals surface area contributed by atoms with E-state index in [0.29, 0.717) is 18.4 Å². The molecule has 3 aromatic carbocycles. The summed E-state index contributed by atoms with van der Waals surface area (Å²) in [5.41, 5.74) is 6.98. The van der Waals surface area contributed by atoms with Gasteiger partial charge in [0.05, 0.1) is 23.0 Å². The number of nitriles is 1. The van der Waals surface area contributed by atoms with Gasteiger partial charge < -0.3 is 4.74 Å². The van der Waals surface area contributed by atoms with Gasteiger partial charge in [0.15, 0.2) is 0 Å². The highest BCUT2D eigenvalue weighted by molar-refractivity contribution is 5.70. The summed E-state index contributed by atoms with van der Waals surface area (Å²) in [7, 11) is 0. The van der Waals surface area contributed by atoms with Crippen LogP contribution in [-0.2, 0) is 25.7 Å². The summed E-state index contributed by atoms with van der Waals surface area (Å²) in [6.45, 7) is 8.39. The molecule has 4 aromatic rings. The van der Waals surface area contributed by atoms with Crippen LogP contribution in [0.3, 0.4) is 0 Å². The first-order valence-corrected chi connectivity index (χ1v) is 13.9. The second-order valence-corrected chi connectivity index (χ2v) is 10.9. The van der Waals surface area contributed by atoms with Gasteiger partial charge in [0.1, 0.15) is 17.2 Å². The van der Waals surface area contributed by atoms with Crippen molar-refractivity contribution in [2.75, 3.05) is 0 Å². The van der Waals surface area contributed by atoms with Gasteiger partial charge in [-0.15, -0.1) is 0 Å². The van der Waals surface area contributed by atoms with Gasteiger partial charge >= 0.3 is 0 Å². The summed E-state index contributed by atoms with van der Waals surface area (Å²) >= 11 is 0. The van der Waals surface area contributed by atoms with Crippen molar-refractivity contribution < 1.29 is 4.74 Å². The van der Waals surface area contributed by atoms with Gasteiger partial charge in [-0.05, 0) is 67.6 Å². The van der Waals surface area contributed by atoms with Gasteiger partial charge in [-0.1, -0.05) is 62.7 Å². The number of hydrogen-bond donors (Lipinski definition) is 0. The van der Waals surface area contributed by atoms with Crippen molar-refractivity contribution in [3.8, 4) is 28.6 Å². The zero-order valence-electron chi connectivity index (χ0n) is 23.3. The molecule has 0 aliphatic carbocycles. The molecule has 0 spiro atoms. The van der Waals surface area contributed by atoms with E-state index in [4.69, 9.17) is 9.72 Å². The van der Waals surface area contributed by atoms with Crippen LogP contribution >= 0.6 is 0 Å². The van der Waals surface area contributed by atoms with Crippen LogP contribution in [-0.4, -0.2) is 15.2 Å². The zero-order valence-corrected chi connectivity index (χ0v) is 23.3. The van der Waals surface area contributed by atoms with Crippen molar-refractivity contribution in [3.05, 3.63) is 111 Å². The largest absolute Gasteiger partial charge is 0.487 e. The third-order valence-corrected chi connectivity index (χ3v) is 7.41. The highest BCUT2D eigenvalue weighted by Crippen LogP contribution is 2.36. The quantitative estimate of drug-likeness (QED) is 0.253. The molecule has 0 saturated heterocycles. The first kappa shape index (κ1) is 26.4. The van der Waals surface area contributed by atoms with E-state index in [0.717, 1.165) is 76.5 Å². The Morgan fingerprint density at radius 1 is 1.05 bits per heavy atom. The Hall–Kier alpha value is -4.17. The molecule has 5 nitrogen and oxygen atoms in total. The molecule has 1 aliphatic rings. The van der Waals surface area contributed by atoms with Gasteiger partial charge in [-0.3, -0.25) is 9.36 Å². The van der Waals surface area contributed by atoms with Crippen molar-refractivity contribution in [3.63, 3.8) is 0 Å². The molecule has 0 unspecified atom stereocenters. The van der Waals surface area contributed by atoms with Crippen molar-refractivity contribution in [2.45, 2.75) is 71.8 Å². The van der Waals surface area contributed by atoms with Crippen LogP contribution in [0.25, 0.3) is 16.8 Å². The fourth-order valence-electron chi connectivity index (χ4n) is 5.45. The van der Waals surface area contributed by atoms with E-state index in [2.05, 4.69) is 52.0 Å². The van der Waals surface area contributed by atoms with E-state index in [-0.39, 0.29) is 11.2 Å². The Morgan fingerprint density at radius 3 is 2.54 bits per heavy atom. The number of aromatic nitrogens is 2. The first-order valence-electron chi connectivity index (χ1n) is 13.9. The lowest BCUT2D eigenvalue weighted by molar-refractivity contribution is 0.138. The summed E-state index contributed by atoms with van der Waals surface area (Å²) in [6.07, 6.45) is 4.80. The van der Waals surface area contributed by atoms with Gasteiger partial charge in [-0.2, -0.15) is 5.26 Å². The van der Waals surface area contributed by atoms with E-state index in [1.54, 1.807) is 4.57 Å². The lowest BCUT2D eigenvalue weighted by Gasteiger charge is -2.17. The van der Waals surface area contributed by atoms with Crippen LogP contribution in [0.15, 0.2) is 71.5 Å². The minimum Gasteiger partial charge on any atom is -0.487 e. The number of unbranched alkanes of at least 4 members (excludes halogenated alkanes) is 1. The lowest BCUT2D eigenvalue weighted by atomic mass is 9.96. The molecule has 0 N–H and O–H groups in total. The molecular formula is C34H35N3O2. The summed E-state index contributed by atoms with van der Waals surface area (Å²) in [5.74, 6) is 1.68. The Labute approximate surface area is 230 Å². The number of fused-ring (bicyclic) bond motifs is 1. The summed E-state index contributed by atoms with van der Waals surface area (Å²) in [6, 6.07) is 24.1. The highest BCUT2D eigenvalue weighted by atomic mass is 16.5. The minimum atomic E-state index is -0.243. The summed E-state index contributed by atoms with van der Waals surface area (Å²) in [4.78, 5) is 19.3. The van der Waals surface area contributed by atoms with Crippen molar-refractivity contribution in [1.29, 1.82) is 5.26 Å². The fourth-order valence-corrected chi connectivity index (χ4v) is 5.45. The van der Waals surface area contributed by atoms with E-state index in [1.165, 1.54) is 0 Å². The number of hydrogen-bond acceptors (Lipinski definition) is 4. The molecule has 39 heavy (non-hydrogen) atoms. The summed E-state index contributed by atoms with van der Waals surface area (Å²) in [5, 5.41) is 9.50. The normalized spacial score (nSPS) is 13.5. The van der Waals surface area contributed by atoms with E-state index >= 15 is 0 Å². The molecule has 198 valence electrons. The maximum absolute atomic E-state index is 14.2. The van der Waals surface area contributed by atoms with Crippen molar-refractivity contribution >= 4 is 0 Å². The number of nitrogens with zero attached hydrogens (tertiary/aromatic N) is 3. The number of aryl methyl sites for hydroxylation is 2. The van der Waals surface area contributed by atoms with Gasteiger partial charge in [0.2, 0.25) is 0 Å². The first-order chi connectivity index (χ1) is 18.8. The molecule has 0 amide bonds. The van der Waals surface area contributed by atoms with Gasteiger partial charge in [0.25, 0.3) is 5.56 Å². The van der Waals surface area contributed by atoms with Crippen molar-refractivity contribution in [1.82, 2.24) is 9.55 Å². The predicted molar refractivity (Wildman–Crippen MR) is 156 cm³/mol. The monoisotopic (exact) mass is 517 g/mol. The molecule has 5 heteroatoms. The molecule has 2 heterocycles. The molecule has 0 radical (unpaired) electrons. The van der Waals surface area contributed by atoms with Gasteiger partial charge in [0, 0.05) is 30.4 Å². The van der Waals surface area contributed by atoms with Crippen LogP contribution < -0.4 is 10.3 Å². The third kappa shape index (κ3) is 5.38. The van der Waals surface area contributed by atoms with Crippen LogP contribution in [0.1, 0.15) is 74.3 Å². The second-order valence-electron chi connectivity index (χ2n) is 10.9. The standard InChI is InChI=1S/C34H35N3O2/c1-5-7-12-30-29(19-23-13-15-24(16-14-23)28-11-9-8-10-25(28)22-35)33(38)37(32(6-2)36-30)27-17-18-31-26(20-27)21-34(3,4)39-31/h8-11,13-18,20H,5-7,12,19,21H2,1-4H3. The Balaban J connectivity index is 1.56. The molecule has 1 aromatic heterocycles. The Kier molecular flexibility index (Phi) is 7.39. The van der Waals surface area contributed by atoms with E-state index < -0.39 is 0 Å². The maximum Gasteiger partial charge on any atom is 0.261 e. The molecule has 0 atom stereocenters. The van der Waals surface area contributed by atoms with Crippen LogP contribution in [0.4, 0.5) is 0 Å². The Bertz CT molecular complexity index is 1610. The fraction of sp³-hybridized carbons (Fsp3) is 0.324. The van der Waals surface area contributed by atoms with Crippen LogP contribution in [0.2, 0.25) is 0 Å². The molecule has 5 rings (SSSR count). The summed E-state index contributed by atoms with van der Waals surface area (Å²) < 4.78 is 7.87. The maximum atomic E-state index is 14.2. The molecular weight excluding hydrogens is 482 g/mol. The Morgan fingerprint density at radius 2 is 1.82 bits per heavy atom. The molecule has 1 aliphatic heterocycles. The average Bonchev–Trinajstić information content (AvgIpc) is 3.26. The molecule has 0 saturated carbocycles. The lowest BCUT2D eigenvalue weighted by Crippen LogP contribution is -2.29. The number of benzene rings is 3. The molecule has 0 fully saturated rings. The topological polar surface area (TPSA) is 67.9 Å². The number of rotatable bonds is 8. The molecule has 0 bridgehead atoms. The van der Waals surface area contributed by atoms with E-state index in [9.17, 15) is 10.1 Å². The second kappa shape index (κ2) is 10.9. The smallest absolute Gasteiger partial charge is 0.261 e. The van der Waals surface area contributed by atoms with Crippen molar-refractivity contribution in [2.24, 2.45) is 0 Å². The number of ether oxygens (including phenoxy) is 1. The van der Waals surface area contributed by atoms with Gasteiger partial charge in [-0.25, -0.2) is 4.98 Å². The predicted octanol–water partition coefficient (Wildman–Crippen LogP) is 6.98. The highest BCUT2D eigenvalue weighted by Gasteiger charge is 2.30. The third-order valence-electron chi connectivity index (χ3n) is 7.41. The minimum absolute atomic E-state index is 0.00461. The van der Waals surface area contributed by atoms with E-state index in [1.807, 2.05) is 48.5 Å². The zero-order chi connectivity index (χ0) is 27.6.